The zero-order valence-corrected chi connectivity index (χ0v) is 13.2. The second kappa shape index (κ2) is 5.96. The Bertz CT molecular complexity index is 714. The second-order valence-electron chi connectivity index (χ2n) is 5.27. The van der Waals surface area contributed by atoms with E-state index in [2.05, 4.69) is 5.32 Å². The van der Waals surface area contributed by atoms with Gasteiger partial charge in [0.1, 0.15) is 6.04 Å². The standard InChI is InChI=1S/C14H18N2O5S/c1-9-8-11(16-6-3-7-22(16,20)21)4-5-12(9)13(17)15-10(2)14(18)19/h4-5,8,10H,3,6-7H2,1-2H3,(H,15,17)(H,18,19)/t10-/m0/s1. The normalized spacial score (nSPS) is 18.0. The highest BCUT2D eigenvalue weighted by atomic mass is 32.2. The number of sulfonamides is 1. The van der Waals surface area contributed by atoms with Crippen molar-refractivity contribution in [3.63, 3.8) is 0 Å². The topological polar surface area (TPSA) is 104 Å². The SMILES string of the molecule is Cc1cc(N2CCCS2(=O)=O)ccc1C(=O)N[C@@H](C)C(=O)O. The quantitative estimate of drug-likeness (QED) is 0.849. The van der Waals surface area contributed by atoms with Gasteiger partial charge in [-0.25, -0.2) is 8.42 Å². The molecule has 0 radical (unpaired) electrons. The van der Waals surface area contributed by atoms with Crippen LogP contribution in [0, 0.1) is 6.92 Å². The number of amides is 1. The van der Waals surface area contributed by atoms with Gasteiger partial charge in [-0.1, -0.05) is 0 Å². The Kier molecular flexibility index (Phi) is 4.41. The third kappa shape index (κ3) is 3.22. The summed E-state index contributed by atoms with van der Waals surface area (Å²) in [6.07, 6.45) is 0.583. The van der Waals surface area contributed by atoms with Crippen LogP contribution < -0.4 is 9.62 Å². The molecule has 1 heterocycles. The van der Waals surface area contributed by atoms with Crippen LogP contribution >= 0.6 is 0 Å². The van der Waals surface area contributed by atoms with Crippen molar-refractivity contribution in [1.29, 1.82) is 0 Å². The van der Waals surface area contributed by atoms with E-state index < -0.39 is 27.9 Å². The van der Waals surface area contributed by atoms with Crippen LogP contribution in [0.5, 0.6) is 0 Å². The first kappa shape index (κ1) is 16.3. The molecule has 22 heavy (non-hydrogen) atoms. The summed E-state index contributed by atoms with van der Waals surface area (Å²) in [4.78, 5) is 22.8. The van der Waals surface area contributed by atoms with E-state index >= 15 is 0 Å². The van der Waals surface area contributed by atoms with E-state index in [4.69, 9.17) is 5.11 Å². The molecule has 7 nitrogen and oxygen atoms in total. The fourth-order valence-corrected chi connectivity index (χ4v) is 3.88. The number of carboxylic acid groups (broad SMARTS) is 1. The summed E-state index contributed by atoms with van der Waals surface area (Å²) >= 11 is 0. The predicted octanol–water partition coefficient (Wildman–Crippen LogP) is 0.738. The van der Waals surface area contributed by atoms with Gasteiger partial charge in [0.05, 0.1) is 11.4 Å². The Morgan fingerprint density at radius 2 is 2.05 bits per heavy atom. The van der Waals surface area contributed by atoms with Crippen molar-refractivity contribution in [2.24, 2.45) is 0 Å². The number of hydrogen-bond acceptors (Lipinski definition) is 4. The van der Waals surface area contributed by atoms with E-state index in [9.17, 15) is 18.0 Å². The van der Waals surface area contributed by atoms with Gasteiger partial charge in [0.15, 0.2) is 0 Å². The monoisotopic (exact) mass is 326 g/mol. The number of carboxylic acids is 1. The number of hydrogen-bond donors (Lipinski definition) is 2. The third-order valence-electron chi connectivity index (χ3n) is 3.56. The molecule has 1 aromatic rings. The van der Waals surface area contributed by atoms with Gasteiger partial charge >= 0.3 is 5.97 Å². The molecular formula is C14H18N2O5S. The van der Waals surface area contributed by atoms with Gasteiger partial charge in [0, 0.05) is 12.1 Å². The number of rotatable bonds is 4. The zero-order valence-electron chi connectivity index (χ0n) is 12.4. The molecule has 0 unspecified atom stereocenters. The summed E-state index contributed by atoms with van der Waals surface area (Å²) in [5.74, 6) is -1.49. The molecule has 1 amide bonds. The van der Waals surface area contributed by atoms with Gasteiger partial charge in [-0.3, -0.25) is 13.9 Å². The summed E-state index contributed by atoms with van der Waals surface area (Å²) in [5.41, 5.74) is 1.45. The van der Waals surface area contributed by atoms with Crippen LogP contribution in [0.15, 0.2) is 18.2 Å². The lowest BCUT2D eigenvalue weighted by Crippen LogP contribution is -2.38. The van der Waals surface area contributed by atoms with Gasteiger partial charge < -0.3 is 10.4 Å². The first-order chi connectivity index (χ1) is 10.2. The molecule has 0 saturated carbocycles. The van der Waals surface area contributed by atoms with E-state index in [0.29, 0.717) is 29.8 Å². The number of carbonyl (C=O) groups excluding carboxylic acids is 1. The molecule has 0 aliphatic carbocycles. The molecule has 8 heteroatoms. The van der Waals surface area contributed by atoms with E-state index in [-0.39, 0.29) is 5.75 Å². The highest BCUT2D eigenvalue weighted by Gasteiger charge is 2.29. The van der Waals surface area contributed by atoms with E-state index in [1.54, 1.807) is 19.1 Å². The molecule has 2 N–H and O–H groups in total. The minimum absolute atomic E-state index is 0.129. The lowest BCUT2D eigenvalue weighted by molar-refractivity contribution is -0.138. The van der Waals surface area contributed by atoms with Crippen LogP contribution in [0.4, 0.5) is 5.69 Å². The maximum Gasteiger partial charge on any atom is 0.325 e. The second-order valence-corrected chi connectivity index (χ2v) is 7.29. The first-order valence-electron chi connectivity index (χ1n) is 6.87. The third-order valence-corrected chi connectivity index (χ3v) is 5.43. The molecule has 1 aromatic carbocycles. The van der Waals surface area contributed by atoms with Crippen molar-refractivity contribution >= 4 is 27.6 Å². The van der Waals surface area contributed by atoms with Crippen molar-refractivity contribution in [3.8, 4) is 0 Å². The Morgan fingerprint density at radius 1 is 1.36 bits per heavy atom. The van der Waals surface area contributed by atoms with Gasteiger partial charge in [-0.05, 0) is 44.0 Å². The Balaban J connectivity index is 2.23. The van der Waals surface area contributed by atoms with Crippen LogP contribution in [0.1, 0.15) is 29.3 Å². The first-order valence-corrected chi connectivity index (χ1v) is 8.48. The number of nitrogens with one attached hydrogen (secondary N) is 1. The minimum Gasteiger partial charge on any atom is -0.480 e. The van der Waals surface area contributed by atoms with E-state index in [1.807, 2.05) is 0 Å². The molecule has 0 aromatic heterocycles. The van der Waals surface area contributed by atoms with Crippen LogP contribution in [-0.4, -0.2) is 43.7 Å². The van der Waals surface area contributed by atoms with Gasteiger partial charge in [-0.15, -0.1) is 0 Å². The average molecular weight is 326 g/mol. The fourth-order valence-electron chi connectivity index (χ4n) is 2.32. The largest absolute Gasteiger partial charge is 0.480 e. The molecule has 120 valence electrons. The van der Waals surface area contributed by atoms with Crippen LogP contribution in [0.3, 0.4) is 0 Å². The summed E-state index contributed by atoms with van der Waals surface area (Å²) in [7, 11) is -3.27. The highest BCUT2D eigenvalue weighted by Crippen LogP contribution is 2.26. The molecule has 1 saturated heterocycles. The fraction of sp³-hybridized carbons (Fsp3) is 0.429. The van der Waals surface area contributed by atoms with Crippen LogP contribution in [-0.2, 0) is 14.8 Å². The minimum atomic E-state index is -3.27. The molecule has 0 spiro atoms. The van der Waals surface area contributed by atoms with Crippen molar-refractivity contribution < 1.29 is 23.1 Å². The molecule has 1 aliphatic heterocycles. The number of nitrogens with zero attached hydrogens (tertiary/aromatic N) is 1. The summed E-state index contributed by atoms with van der Waals surface area (Å²) < 4.78 is 25.1. The van der Waals surface area contributed by atoms with Gasteiger partial charge in [0.25, 0.3) is 5.91 Å². The summed E-state index contributed by atoms with van der Waals surface area (Å²) in [6, 6.07) is 3.72. The number of anilines is 1. The molecule has 0 bridgehead atoms. The number of benzene rings is 1. The maximum atomic E-state index is 12.0. The number of aryl methyl sites for hydroxylation is 1. The van der Waals surface area contributed by atoms with Gasteiger partial charge in [-0.2, -0.15) is 0 Å². The van der Waals surface area contributed by atoms with Crippen molar-refractivity contribution in [2.45, 2.75) is 26.3 Å². The van der Waals surface area contributed by atoms with Crippen molar-refractivity contribution in [1.82, 2.24) is 5.32 Å². The van der Waals surface area contributed by atoms with Crippen molar-refractivity contribution in [2.75, 3.05) is 16.6 Å². The molecule has 1 fully saturated rings. The molecular weight excluding hydrogens is 308 g/mol. The van der Waals surface area contributed by atoms with E-state index in [0.717, 1.165) is 0 Å². The Labute approximate surface area is 129 Å². The maximum absolute atomic E-state index is 12.0. The molecule has 1 aliphatic rings. The highest BCUT2D eigenvalue weighted by molar-refractivity contribution is 7.93. The summed E-state index contributed by atoms with van der Waals surface area (Å²) in [6.45, 7) is 3.50. The zero-order chi connectivity index (χ0) is 16.5. The Morgan fingerprint density at radius 3 is 2.55 bits per heavy atom. The number of carbonyl (C=O) groups is 2. The summed E-state index contributed by atoms with van der Waals surface area (Å²) in [5, 5.41) is 11.2. The smallest absolute Gasteiger partial charge is 0.325 e. The Hall–Kier alpha value is -2.09. The van der Waals surface area contributed by atoms with Crippen LogP contribution in [0.25, 0.3) is 0 Å². The van der Waals surface area contributed by atoms with Crippen LogP contribution in [0.2, 0.25) is 0 Å². The predicted molar refractivity (Wildman–Crippen MR) is 81.5 cm³/mol. The van der Waals surface area contributed by atoms with Crippen molar-refractivity contribution in [3.05, 3.63) is 29.3 Å². The average Bonchev–Trinajstić information content (AvgIpc) is 2.77. The molecule has 1 atom stereocenters. The number of aliphatic carboxylic acids is 1. The molecule has 2 rings (SSSR count). The van der Waals surface area contributed by atoms with Gasteiger partial charge in [0.2, 0.25) is 10.0 Å². The lowest BCUT2D eigenvalue weighted by Gasteiger charge is -2.18. The van der Waals surface area contributed by atoms with E-state index in [1.165, 1.54) is 17.3 Å². The lowest BCUT2D eigenvalue weighted by atomic mass is 10.1.